The van der Waals surface area contributed by atoms with E-state index in [-0.39, 0.29) is 18.2 Å². The second kappa shape index (κ2) is 11.2. The van der Waals surface area contributed by atoms with E-state index in [4.69, 9.17) is 28.4 Å². The number of fused-ring (bicyclic) bond motifs is 1. The number of ketones is 2. The summed E-state index contributed by atoms with van der Waals surface area (Å²) in [5, 5.41) is 0. The van der Waals surface area contributed by atoms with Crippen molar-refractivity contribution < 1.29 is 47.6 Å². The highest BCUT2D eigenvalue weighted by Crippen LogP contribution is 2.40. The standard InChI is InChI=1S/C24H30O10/c1-14(25)10-18(27)29-13-17(31-19(28)11-15(2)26)20-21(30-12-16-8-6-5-7-9-16)22-23(32-20)34-24(3,4)33-22/h5-9,17,20-23H,10-13H2,1-4H3/t17-,20-,21+,22-,23-/m1/s1. The molecular weight excluding hydrogens is 448 g/mol. The molecule has 2 heterocycles. The molecule has 5 atom stereocenters. The molecular formula is C24H30O10. The van der Waals surface area contributed by atoms with Crippen molar-refractivity contribution in [1.29, 1.82) is 0 Å². The molecule has 2 saturated heterocycles. The van der Waals surface area contributed by atoms with Gasteiger partial charge in [-0.1, -0.05) is 30.3 Å². The molecule has 10 heteroatoms. The zero-order valence-corrected chi connectivity index (χ0v) is 19.7. The fourth-order valence-electron chi connectivity index (χ4n) is 3.80. The Hall–Kier alpha value is -2.66. The Morgan fingerprint density at radius 2 is 1.62 bits per heavy atom. The molecule has 0 spiro atoms. The summed E-state index contributed by atoms with van der Waals surface area (Å²) < 4.78 is 34.6. The summed E-state index contributed by atoms with van der Waals surface area (Å²) in [4.78, 5) is 46.8. The molecule has 0 bridgehead atoms. The van der Waals surface area contributed by atoms with Crippen molar-refractivity contribution >= 4 is 23.5 Å². The van der Waals surface area contributed by atoms with Gasteiger partial charge in [0.1, 0.15) is 49.3 Å². The molecule has 0 radical (unpaired) electrons. The Kier molecular flexibility index (Phi) is 8.53. The number of hydrogen-bond acceptors (Lipinski definition) is 10. The van der Waals surface area contributed by atoms with Crippen molar-refractivity contribution in [3.63, 3.8) is 0 Å². The lowest BCUT2D eigenvalue weighted by Gasteiger charge is -2.30. The third-order valence-electron chi connectivity index (χ3n) is 5.16. The molecule has 1 aromatic rings. The Balaban J connectivity index is 1.79. The van der Waals surface area contributed by atoms with Crippen LogP contribution < -0.4 is 0 Å². The number of benzene rings is 1. The predicted octanol–water partition coefficient (Wildman–Crippen LogP) is 1.86. The number of ether oxygens (including phenoxy) is 6. The molecule has 2 fully saturated rings. The van der Waals surface area contributed by atoms with Gasteiger partial charge in [-0.05, 0) is 33.3 Å². The smallest absolute Gasteiger partial charge is 0.313 e. The average Bonchev–Trinajstić information content (AvgIpc) is 3.20. The van der Waals surface area contributed by atoms with E-state index < -0.39 is 67.9 Å². The maximum absolute atomic E-state index is 12.3. The highest BCUT2D eigenvalue weighted by atomic mass is 16.8. The molecule has 34 heavy (non-hydrogen) atoms. The third kappa shape index (κ3) is 7.17. The molecule has 0 amide bonds. The molecule has 3 rings (SSSR count). The van der Waals surface area contributed by atoms with Crippen LogP contribution in [-0.2, 0) is 54.2 Å². The van der Waals surface area contributed by atoms with Crippen molar-refractivity contribution in [2.75, 3.05) is 6.61 Å². The molecule has 2 aliphatic heterocycles. The third-order valence-corrected chi connectivity index (χ3v) is 5.16. The van der Waals surface area contributed by atoms with Gasteiger partial charge < -0.3 is 28.4 Å². The first-order valence-electron chi connectivity index (χ1n) is 11.0. The Bertz CT molecular complexity index is 896. The summed E-state index contributed by atoms with van der Waals surface area (Å²) in [6.07, 6.45) is -5.09. The maximum atomic E-state index is 12.3. The van der Waals surface area contributed by atoms with Gasteiger partial charge in [-0.15, -0.1) is 0 Å². The second-order valence-corrected chi connectivity index (χ2v) is 8.80. The fourth-order valence-corrected chi connectivity index (χ4v) is 3.80. The fraction of sp³-hybridized carbons (Fsp3) is 0.583. The van der Waals surface area contributed by atoms with Gasteiger partial charge in [0.15, 0.2) is 18.2 Å². The number of carbonyl (C=O) groups is 4. The van der Waals surface area contributed by atoms with E-state index in [0.29, 0.717) is 0 Å². The predicted molar refractivity (Wildman–Crippen MR) is 115 cm³/mol. The lowest BCUT2D eigenvalue weighted by molar-refractivity contribution is -0.236. The van der Waals surface area contributed by atoms with Crippen molar-refractivity contribution in [3.8, 4) is 0 Å². The van der Waals surface area contributed by atoms with Gasteiger partial charge in [-0.3, -0.25) is 19.2 Å². The Labute approximate surface area is 197 Å². The van der Waals surface area contributed by atoms with E-state index in [0.717, 1.165) is 5.56 Å². The first-order chi connectivity index (χ1) is 16.0. The Morgan fingerprint density at radius 1 is 0.971 bits per heavy atom. The van der Waals surface area contributed by atoms with E-state index in [1.165, 1.54) is 13.8 Å². The van der Waals surface area contributed by atoms with Gasteiger partial charge in [-0.2, -0.15) is 0 Å². The van der Waals surface area contributed by atoms with Crippen LogP contribution in [0.1, 0.15) is 46.1 Å². The van der Waals surface area contributed by atoms with Gasteiger partial charge in [0.2, 0.25) is 0 Å². The summed E-state index contributed by atoms with van der Waals surface area (Å²) in [5.41, 5.74) is 0.904. The first-order valence-corrected chi connectivity index (χ1v) is 11.0. The average molecular weight is 478 g/mol. The minimum absolute atomic E-state index is 0.219. The van der Waals surface area contributed by atoms with E-state index in [2.05, 4.69) is 0 Å². The number of Topliss-reactive ketones (excluding diaryl/α,β-unsaturated/α-hetero) is 2. The molecule has 0 N–H and O–H groups in total. The van der Waals surface area contributed by atoms with E-state index >= 15 is 0 Å². The van der Waals surface area contributed by atoms with Crippen molar-refractivity contribution in [2.45, 2.75) is 83.6 Å². The Morgan fingerprint density at radius 3 is 2.26 bits per heavy atom. The van der Waals surface area contributed by atoms with Crippen LogP contribution in [0.2, 0.25) is 0 Å². The summed E-state index contributed by atoms with van der Waals surface area (Å²) in [6, 6.07) is 9.43. The quantitative estimate of drug-likeness (QED) is 0.344. The second-order valence-electron chi connectivity index (χ2n) is 8.80. The maximum Gasteiger partial charge on any atom is 0.313 e. The first kappa shape index (κ1) is 26.0. The van der Waals surface area contributed by atoms with Crippen LogP contribution in [0.3, 0.4) is 0 Å². The minimum atomic E-state index is -1.12. The molecule has 186 valence electrons. The molecule has 0 saturated carbocycles. The van der Waals surface area contributed by atoms with Gasteiger partial charge >= 0.3 is 11.9 Å². The number of carbonyl (C=O) groups excluding carboxylic acids is 4. The van der Waals surface area contributed by atoms with Crippen molar-refractivity contribution in [1.82, 2.24) is 0 Å². The molecule has 0 unspecified atom stereocenters. The summed E-state index contributed by atoms with van der Waals surface area (Å²) in [6.45, 7) is 5.83. The van der Waals surface area contributed by atoms with Crippen LogP contribution in [0.25, 0.3) is 0 Å². The van der Waals surface area contributed by atoms with E-state index in [1.54, 1.807) is 13.8 Å². The monoisotopic (exact) mass is 478 g/mol. The number of esters is 2. The van der Waals surface area contributed by atoms with Crippen molar-refractivity contribution in [3.05, 3.63) is 35.9 Å². The normalized spacial score (nSPS) is 25.9. The lowest BCUT2D eigenvalue weighted by atomic mass is 10.1. The highest BCUT2D eigenvalue weighted by Gasteiger charge is 2.58. The lowest BCUT2D eigenvalue weighted by Crippen LogP contribution is -2.46. The van der Waals surface area contributed by atoms with Gasteiger partial charge in [0.05, 0.1) is 6.61 Å². The molecule has 2 aliphatic rings. The number of rotatable bonds is 11. The van der Waals surface area contributed by atoms with Crippen LogP contribution in [0, 0.1) is 0 Å². The zero-order chi connectivity index (χ0) is 24.9. The number of hydrogen-bond donors (Lipinski definition) is 0. The zero-order valence-electron chi connectivity index (χ0n) is 19.7. The molecule has 0 aromatic heterocycles. The SMILES string of the molecule is CC(=O)CC(=O)OC[C@@H](OC(=O)CC(C)=O)[C@H]1O[C@@H]2OC(C)(C)O[C@@H]2[C@H]1OCc1ccccc1. The van der Waals surface area contributed by atoms with Crippen LogP contribution in [0.4, 0.5) is 0 Å². The van der Waals surface area contributed by atoms with Gasteiger partial charge in [0, 0.05) is 0 Å². The van der Waals surface area contributed by atoms with E-state index in [9.17, 15) is 19.2 Å². The van der Waals surface area contributed by atoms with Gasteiger partial charge in [-0.25, -0.2) is 0 Å². The van der Waals surface area contributed by atoms with Crippen LogP contribution in [0.15, 0.2) is 30.3 Å². The van der Waals surface area contributed by atoms with Crippen molar-refractivity contribution in [2.24, 2.45) is 0 Å². The topological polar surface area (TPSA) is 124 Å². The summed E-state index contributed by atoms with van der Waals surface area (Å²) in [7, 11) is 0. The highest BCUT2D eigenvalue weighted by molar-refractivity contribution is 5.94. The van der Waals surface area contributed by atoms with Crippen LogP contribution in [-0.4, -0.2) is 66.6 Å². The molecule has 0 aliphatic carbocycles. The minimum Gasteiger partial charge on any atom is -0.461 e. The van der Waals surface area contributed by atoms with E-state index in [1.807, 2.05) is 30.3 Å². The largest absolute Gasteiger partial charge is 0.461 e. The van der Waals surface area contributed by atoms with Crippen LogP contribution in [0.5, 0.6) is 0 Å². The summed E-state index contributed by atoms with van der Waals surface area (Å²) in [5.74, 6) is -3.23. The summed E-state index contributed by atoms with van der Waals surface area (Å²) >= 11 is 0. The molecule has 1 aromatic carbocycles. The van der Waals surface area contributed by atoms with Crippen LogP contribution >= 0.6 is 0 Å². The molecule has 10 nitrogen and oxygen atoms in total. The van der Waals surface area contributed by atoms with Gasteiger partial charge in [0.25, 0.3) is 0 Å².